The van der Waals surface area contributed by atoms with Gasteiger partial charge in [-0.05, 0) is 62.0 Å². The van der Waals surface area contributed by atoms with E-state index in [0.29, 0.717) is 0 Å². The molecular weight excluding hydrogens is 224 g/mol. The van der Waals surface area contributed by atoms with Crippen molar-refractivity contribution in [2.24, 2.45) is 5.92 Å². The van der Waals surface area contributed by atoms with Crippen LogP contribution < -0.4 is 15.0 Å². The van der Waals surface area contributed by atoms with Crippen LogP contribution in [0.2, 0.25) is 0 Å². The van der Waals surface area contributed by atoms with Crippen molar-refractivity contribution in [1.29, 1.82) is 0 Å². The van der Waals surface area contributed by atoms with Crippen LogP contribution >= 0.6 is 0 Å². The van der Waals surface area contributed by atoms with E-state index in [2.05, 4.69) is 36.4 Å². The molecule has 0 aliphatic carbocycles. The first-order valence-electron chi connectivity index (χ1n) is 6.75. The summed E-state index contributed by atoms with van der Waals surface area (Å²) >= 11 is 0. The second-order valence-electron chi connectivity index (χ2n) is 5.31. The third-order valence-electron chi connectivity index (χ3n) is 3.68. The smallest absolute Gasteiger partial charge is 0.119 e. The topological polar surface area (TPSA) is 24.5 Å². The van der Waals surface area contributed by atoms with Gasteiger partial charge in [0.15, 0.2) is 0 Å². The Hall–Kier alpha value is -1.22. The lowest BCUT2D eigenvalue weighted by atomic mass is 9.91. The first-order chi connectivity index (χ1) is 8.70. The molecule has 1 aliphatic heterocycles. The zero-order valence-corrected chi connectivity index (χ0v) is 11.7. The molecule has 3 nitrogen and oxygen atoms in total. The predicted molar refractivity (Wildman–Crippen MR) is 76.6 cm³/mol. The van der Waals surface area contributed by atoms with Crippen LogP contribution in [0.5, 0.6) is 5.75 Å². The Labute approximate surface area is 110 Å². The first kappa shape index (κ1) is 13.2. The maximum Gasteiger partial charge on any atom is 0.119 e. The van der Waals surface area contributed by atoms with Crippen molar-refractivity contribution >= 4 is 5.69 Å². The number of anilines is 1. The largest absolute Gasteiger partial charge is 0.497 e. The molecule has 1 aromatic rings. The van der Waals surface area contributed by atoms with E-state index in [4.69, 9.17) is 4.74 Å². The van der Waals surface area contributed by atoms with E-state index in [1.165, 1.54) is 30.6 Å². The molecule has 2 rings (SSSR count). The van der Waals surface area contributed by atoms with Crippen molar-refractivity contribution < 1.29 is 4.74 Å². The summed E-state index contributed by atoms with van der Waals surface area (Å²) in [7, 11) is 5.94. The third kappa shape index (κ3) is 3.16. The Kier molecular flexibility index (Phi) is 4.48. The summed E-state index contributed by atoms with van der Waals surface area (Å²) in [6.45, 7) is 2.32. The van der Waals surface area contributed by atoms with Gasteiger partial charge in [-0.2, -0.15) is 0 Å². The van der Waals surface area contributed by atoms with E-state index < -0.39 is 0 Å². The molecule has 1 atom stereocenters. The van der Waals surface area contributed by atoms with Gasteiger partial charge in [0.25, 0.3) is 0 Å². The van der Waals surface area contributed by atoms with Crippen molar-refractivity contribution in [2.45, 2.75) is 19.3 Å². The van der Waals surface area contributed by atoms with Crippen LogP contribution in [0, 0.1) is 5.92 Å². The predicted octanol–water partition coefficient (Wildman–Crippen LogP) is 2.30. The highest BCUT2D eigenvalue weighted by atomic mass is 16.5. The van der Waals surface area contributed by atoms with Gasteiger partial charge in [0, 0.05) is 19.8 Å². The normalized spacial score (nSPS) is 19.6. The van der Waals surface area contributed by atoms with Crippen LogP contribution in [0.25, 0.3) is 0 Å². The fraction of sp³-hybridized carbons (Fsp3) is 0.600. The molecule has 1 N–H and O–H groups in total. The number of hydrogen-bond donors (Lipinski definition) is 1. The molecule has 3 heteroatoms. The Bertz CT molecular complexity index is 384. The summed E-state index contributed by atoms with van der Waals surface area (Å²) in [6, 6.07) is 6.38. The van der Waals surface area contributed by atoms with Crippen LogP contribution in [0.15, 0.2) is 18.2 Å². The highest BCUT2D eigenvalue weighted by Crippen LogP contribution is 2.28. The molecule has 100 valence electrons. The standard InChI is InChI=1S/C15H24N2O/c1-17(2)15-7-6-14(18-3)10-13(15)9-12-5-4-8-16-11-12/h6-7,10,12,16H,4-5,8-9,11H2,1-3H3. The number of ether oxygens (including phenoxy) is 1. The number of benzene rings is 1. The van der Waals surface area contributed by atoms with Crippen molar-refractivity contribution in [3.8, 4) is 5.75 Å². The van der Waals surface area contributed by atoms with Crippen LogP contribution in [0.3, 0.4) is 0 Å². The van der Waals surface area contributed by atoms with Crippen LogP contribution in [0.1, 0.15) is 18.4 Å². The van der Waals surface area contributed by atoms with E-state index in [1.807, 2.05) is 6.07 Å². The Morgan fingerprint density at radius 3 is 2.83 bits per heavy atom. The summed E-state index contributed by atoms with van der Waals surface area (Å²) in [5, 5.41) is 3.49. The van der Waals surface area contributed by atoms with Crippen LogP contribution in [-0.2, 0) is 6.42 Å². The van der Waals surface area contributed by atoms with Gasteiger partial charge in [-0.15, -0.1) is 0 Å². The van der Waals surface area contributed by atoms with Gasteiger partial charge >= 0.3 is 0 Å². The maximum absolute atomic E-state index is 5.34. The number of rotatable bonds is 4. The number of nitrogens with zero attached hydrogens (tertiary/aromatic N) is 1. The summed E-state index contributed by atoms with van der Waals surface area (Å²) in [5.74, 6) is 1.71. The summed E-state index contributed by atoms with van der Waals surface area (Å²) < 4.78 is 5.34. The second-order valence-corrected chi connectivity index (χ2v) is 5.31. The van der Waals surface area contributed by atoms with Crippen molar-refractivity contribution in [1.82, 2.24) is 5.32 Å². The fourth-order valence-electron chi connectivity index (χ4n) is 2.70. The van der Waals surface area contributed by atoms with Gasteiger partial charge in [0.2, 0.25) is 0 Å². The second kappa shape index (κ2) is 6.10. The lowest BCUT2D eigenvalue weighted by Gasteiger charge is -2.25. The molecule has 0 saturated carbocycles. The van der Waals surface area contributed by atoms with Gasteiger partial charge < -0.3 is 15.0 Å². The van der Waals surface area contributed by atoms with E-state index >= 15 is 0 Å². The Balaban J connectivity index is 2.17. The number of piperidine rings is 1. The molecule has 0 radical (unpaired) electrons. The number of nitrogens with one attached hydrogen (secondary N) is 1. The molecule has 1 saturated heterocycles. The highest BCUT2D eigenvalue weighted by Gasteiger charge is 2.16. The lowest BCUT2D eigenvalue weighted by molar-refractivity contribution is 0.374. The molecular formula is C15H24N2O. The summed E-state index contributed by atoms with van der Waals surface area (Å²) in [4.78, 5) is 2.19. The fourth-order valence-corrected chi connectivity index (χ4v) is 2.70. The average molecular weight is 248 g/mol. The summed E-state index contributed by atoms with van der Waals surface area (Å²) in [6.07, 6.45) is 3.76. The van der Waals surface area contributed by atoms with Crippen LogP contribution in [-0.4, -0.2) is 34.3 Å². The molecule has 1 aliphatic rings. The Morgan fingerprint density at radius 1 is 1.39 bits per heavy atom. The first-order valence-corrected chi connectivity index (χ1v) is 6.75. The zero-order chi connectivity index (χ0) is 13.0. The quantitative estimate of drug-likeness (QED) is 0.885. The molecule has 1 heterocycles. The van der Waals surface area contributed by atoms with Gasteiger partial charge in [0.1, 0.15) is 5.75 Å². The van der Waals surface area contributed by atoms with E-state index in [9.17, 15) is 0 Å². The van der Waals surface area contributed by atoms with Crippen molar-refractivity contribution in [2.75, 3.05) is 39.2 Å². The van der Waals surface area contributed by atoms with Crippen molar-refractivity contribution in [3.63, 3.8) is 0 Å². The van der Waals surface area contributed by atoms with Gasteiger partial charge in [-0.3, -0.25) is 0 Å². The molecule has 1 aromatic carbocycles. The van der Waals surface area contributed by atoms with E-state index in [1.54, 1.807) is 7.11 Å². The third-order valence-corrected chi connectivity index (χ3v) is 3.68. The summed E-state index contributed by atoms with van der Waals surface area (Å²) in [5.41, 5.74) is 2.70. The minimum absolute atomic E-state index is 0.754. The number of hydrogen-bond acceptors (Lipinski definition) is 3. The van der Waals surface area contributed by atoms with Gasteiger partial charge in [-0.1, -0.05) is 0 Å². The van der Waals surface area contributed by atoms with Gasteiger partial charge in [0.05, 0.1) is 7.11 Å². The van der Waals surface area contributed by atoms with Crippen LogP contribution in [0.4, 0.5) is 5.69 Å². The molecule has 0 bridgehead atoms. The molecule has 1 unspecified atom stereocenters. The lowest BCUT2D eigenvalue weighted by Crippen LogP contribution is -2.31. The molecule has 0 spiro atoms. The molecule has 0 aromatic heterocycles. The van der Waals surface area contributed by atoms with Crippen molar-refractivity contribution in [3.05, 3.63) is 23.8 Å². The SMILES string of the molecule is COc1ccc(N(C)C)c(CC2CCCNC2)c1. The zero-order valence-electron chi connectivity index (χ0n) is 11.7. The molecule has 18 heavy (non-hydrogen) atoms. The average Bonchev–Trinajstić information content (AvgIpc) is 2.39. The monoisotopic (exact) mass is 248 g/mol. The molecule has 0 amide bonds. The highest BCUT2D eigenvalue weighted by molar-refractivity contribution is 5.55. The molecule has 1 fully saturated rings. The van der Waals surface area contributed by atoms with E-state index in [-0.39, 0.29) is 0 Å². The minimum atomic E-state index is 0.754. The minimum Gasteiger partial charge on any atom is -0.497 e. The van der Waals surface area contributed by atoms with E-state index in [0.717, 1.165) is 24.6 Å². The van der Waals surface area contributed by atoms with Gasteiger partial charge in [-0.25, -0.2) is 0 Å². The number of methoxy groups -OCH3 is 1. The maximum atomic E-state index is 5.34. The Morgan fingerprint density at radius 2 is 2.22 bits per heavy atom.